The highest BCUT2D eigenvalue weighted by Crippen LogP contribution is 2.24. The minimum Gasteiger partial charge on any atom is -0.422 e. The van der Waals surface area contributed by atoms with Gasteiger partial charge in [-0.2, -0.15) is 0 Å². The topological polar surface area (TPSA) is 85.2 Å². The summed E-state index contributed by atoms with van der Waals surface area (Å²) in [4.78, 5) is 0. The fourth-order valence-corrected chi connectivity index (χ4v) is 1.19. The van der Waals surface area contributed by atoms with E-state index in [1.807, 2.05) is 34.6 Å². The highest BCUT2D eigenvalue weighted by atomic mass is 16.4. The van der Waals surface area contributed by atoms with Crippen LogP contribution in [0.3, 0.4) is 0 Å². The molecule has 0 fully saturated rings. The van der Waals surface area contributed by atoms with E-state index in [2.05, 4.69) is 10.2 Å². The Labute approximate surface area is 96.1 Å². The van der Waals surface area contributed by atoms with Gasteiger partial charge in [-0.05, 0) is 5.92 Å². The zero-order valence-corrected chi connectivity index (χ0v) is 10.6. The number of hydrogen-bond donors (Lipinski definition) is 2. The lowest BCUT2D eigenvalue weighted by Gasteiger charge is -2.19. The van der Waals surface area contributed by atoms with Gasteiger partial charge >= 0.3 is 0 Å². The van der Waals surface area contributed by atoms with Gasteiger partial charge in [0.25, 0.3) is 0 Å². The first-order valence-corrected chi connectivity index (χ1v) is 5.51. The molecule has 0 aliphatic carbocycles. The van der Waals surface area contributed by atoms with Crippen molar-refractivity contribution in [3.63, 3.8) is 0 Å². The maximum Gasteiger partial charge on any atom is 0.246 e. The Kier molecular flexibility index (Phi) is 3.70. The van der Waals surface area contributed by atoms with Crippen LogP contribution in [0, 0.1) is 5.92 Å². The van der Waals surface area contributed by atoms with Gasteiger partial charge in [0.05, 0.1) is 0 Å². The molecule has 3 N–H and O–H groups in total. The van der Waals surface area contributed by atoms with E-state index in [0.717, 1.165) is 0 Å². The quantitative estimate of drug-likeness (QED) is 0.815. The summed E-state index contributed by atoms with van der Waals surface area (Å²) < 4.78 is 5.43. The van der Waals surface area contributed by atoms with Crippen LogP contribution in [-0.2, 0) is 5.41 Å². The lowest BCUT2D eigenvalue weighted by Crippen LogP contribution is -2.33. The summed E-state index contributed by atoms with van der Waals surface area (Å²) in [6.45, 7) is 9.79. The molecule has 0 radical (unpaired) electrons. The predicted molar refractivity (Wildman–Crippen MR) is 60.8 cm³/mol. The van der Waals surface area contributed by atoms with Gasteiger partial charge in [0.15, 0.2) is 0 Å². The normalized spacial score (nSPS) is 16.5. The number of rotatable bonds is 3. The fraction of sp³-hybridized carbons (Fsp3) is 0.818. The molecule has 2 atom stereocenters. The van der Waals surface area contributed by atoms with Crippen molar-refractivity contribution in [1.82, 2.24) is 10.2 Å². The monoisotopic (exact) mass is 227 g/mol. The lowest BCUT2D eigenvalue weighted by molar-refractivity contribution is 0.0946. The van der Waals surface area contributed by atoms with Crippen molar-refractivity contribution in [1.29, 1.82) is 0 Å². The molecule has 1 aromatic heterocycles. The van der Waals surface area contributed by atoms with Crippen LogP contribution >= 0.6 is 0 Å². The Balaban J connectivity index is 2.86. The van der Waals surface area contributed by atoms with Crippen LogP contribution in [0.1, 0.15) is 52.5 Å². The first-order chi connectivity index (χ1) is 7.23. The van der Waals surface area contributed by atoms with E-state index >= 15 is 0 Å². The van der Waals surface area contributed by atoms with Gasteiger partial charge in [-0.3, -0.25) is 0 Å². The summed E-state index contributed by atoms with van der Waals surface area (Å²) in [6, 6.07) is -0.395. The van der Waals surface area contributed by atoms with E-state index in [1.54, 1.807) is 0 Å². The number of aliphatic hydroxyl groups excluding tert-OH is 1. The van der Waals surface area contributed by atoms with Gasteiger partial charge in [0, 0.05) is 11.5 Å². The van der Waals surface area contributed by atoms with Crippen molar-refractivity contribution < 1.29 is 9.52 Å². The summed E-state index contributed by atoms with van der Waals surface area (Å²) in [5.74, 6) is 0.864. The van der Waals surface area contributed by atoms with E-state index in [-0.39, 0.29) is 17.2 Å². The Morgan fingerprint density at radius 1 is 1.25 bits per heavy atom. The molecule has 92 valence electrons. The molecule has 5 heteroatoms. The van der Waals surface area contributed by atoms with E-state index < -0.39 is 12.1 Å². The predicted octanol–water partition coefficient (Wildman–Crippen LogP) is 1.38. The van der Waals surface area contributed by atoms with Crippen molar-refractivity contribution in [3.05, 3.63) is 11.8 Å². The summed E-state index contributed by atoms with van der Waals surface area (Å²) in [5, 5.41) is 17.7. The zero-order chi connectivity index (χ0) is 12.5. The molecule has 1 heterocycles. The Bertz CT molecular complexity index is 341. The SMILES string of the molecule is CC(C)[C@@H](N)C(O)c1nnc(C(C)(C)C)o1. The first kappa shape index (κ1) is 13.1. The number of aromatic nitrogens is 2. The van der Waals surface area contributed by atoms with Gasteiger partial charge in [0.1, 0.15) is 6.10 Å². The number of nitrogens with two attached hydrogens (primary N) is 1. The van der Waals surface area contributed by atoms with Crippen LogP contribution in [0.15, 0.2) is 4.42 Å². The minimum atomic E-state index is -0.899. The summed E-state index contributed by atoms with van der Waals surface area (Å²) in [5.41, 5.74) is 5.62. The molecule has 0 aliphatic rings. The molecule has 1 unspecified atom stereocenters. The van der Waals surface area contributed by atoms with Crippen LogP contribution in [0.4, 0.5) is 0 Å². The first-order valence-electron chi connectivity index (χ1n) is 5.51. The molecule has 16 heavy (non-hydrogen) atoms. The molecule has 0 aromatic carbocycles. The molecular weight excluding hydrogens is 206 g/mol. The standard InChI is InChI=1S/C11H21N3O2/c1-6(2)7(12)8(15)9-13-14-10(16-9)11(3,4)5/h6-8,15H,12H2,1-5H3/t7-,8?/m1/s1. The maximum absolute atomic E-state index is 9.92. The number of hydrogen-bond acceptors (Lipinski definition) is 5. The van der Waals surface area contributed by atoms with E-state index in [0.29, 0.717) is 5.89 Å². The molecule has 0 saturated heterocycles. The summed E-state index contributed by atoms with van der Waals surface area (Å²) in [7, 11) is 0. The van der Waals surface area contributed by atoms with Crippen LogP contribution < -0.4 is 5.73 Å². The second-order valence-electron chi connectivity index (χ2n) is 5.46. The van der Waals surface area contributed by atoms with Crippen molar-refractivity contribution in [3.8, 4) is 0 Å². The van der Waals surface area contributed by atoms with Crippen molar-refractivity contribution in [2.24, 2.45) is 11.7 Å². The smallest absolute Gasteiger partial charge is 0.246 e. The van der Waals surface area contributed by atoms with Crippen LogP contribution in [0.2, 0.25) is 0 Å². The van der Waals surface area contributed by atoms with E-state index in [1.165, 1.54) is 0 Å². The molecule has 0 spiro atoms. The lowest BCUT2D eigenvalue weighted by atomic mass is 9.97. The van der Waals surface area contributed by atoms with E-state index in [9.17, 15) is 5.11 Å². The Morgan fingerprint density at radius 3 is 2.19 bits per heavy atom. The van der Waals surface area contributed by atoms with Gasteiger partial charge in [-0.25, -0.2) is 0 Å². The van der Waals surface area contributed by atoms with Crippen LogP contribution in [0.25, 0.3) is 0 Å². The average molecular weight is 227 g/mol. The summed E-state index contributed by atoms with van der Waals surface area (Å²) >= 11 is 0. The van der Waals surface area contributed by atoms with Crippen molar-refractivity contribution >= 4 is 0 Å². The summed E-state index contributed by atoms with van der Waals surface area (Å²) in [6.07, 6.45) is -0.899. The van der Waals surface area contributed by atoms with Crippen LogP contribution in [0.5, 0.6) is 0 Å². The molecule has 1 rings (SSSR count). The second kappa shape index (κ2) is 4.51. The van der Waals surface area contributed by atoms with Gasteiger partial charge < -0.3 is 15.3 Å². The molecule has 0 saturated carbocycles. The van der Waals surface area contributed by atoms with Gasteiger partial charge in [-0.15, -0.1) is 10.2 Å². The highest BCUT2D eigenvalue weighted by Gasteiger charge is 2.28. The Morgan fingerprint density at radius 2 is 1.81 bits per heavy atom. The van der Waals surface area contributed by atoms with E-state index in [4.69, 9.17) is 10.2 Å². The second-order valence-corrected chi connectivity index (χ2v) is 5.46. The van der Waals surface area contributed by atoms with Gasteiger partial charge in [0.2, 0.25) is 11.8 Å². The van der Waals surface area contributed by atoms with Gasteiger partial charge in [-0.1, -0.05) is 34.6 Å². The molecule has 0 aliphatic heterocycles. The molecule has 1 aromatic rings. The third kappa shape index (κ3) is 2.80. The minimum absolute atomic E-state index is 0.153. The molecular formula is C11H21N3O2. The van der Waals surface area contributed by atoms with Crippen molar-refractivity contribution in [2.45, 2.75) is 52.2 Å². The third-order valence-electron chi connectivity index (χ3n) is 2.47. The molecule has 0 bridgehead atoms. The zero-order valence-electron chi connectivity index (χ0n) is 10.6. The maximum atomic E-state index is 9.92. The average Bonchev–Trinajstić information content (AvgIpc) is 2.63. The highest BCUT2D eigenvalue weighted by molar-refractivity contribution is 4.99. The Hall–Kier alpha value is -0.940. The van der Waals surface area contributed by atoms with Crippen molar-refractivity contribution in [2.75, 3.05) is 0 Å². The largest absolute Gasteiger partial charge is 0.422 e. The van der Waals surface area contributed by atoms with Crippen LogP contribution in [-0.4, -0.2) is 21.3 Å². The number of nitrogens with zero attached hydrogens (tertiary/aromatic N) is 2. The fourth-order valence-electron chi connectivity index (χ4n) is 1.19. The molecule has 5 nitrogen and oxygen atoms in total. The molecule has 0 amide bonds. The number of aliphatic hydroxyl groups is 1. The third-order valence-corrected chi connectivity index (χ3v) is 2.47.